The van der Waals surface area contributed by atoms with E-state index in [1.165, 1.54) is 6.21 Å². The first-order valence-corrected chi connectivity index (χ1v) is 8.81. The maximum atomic E-state index is 10.1. The monoisotopic (exact) mass is 362 g/mol. The number of ether oxygens (including phenoxy) is 1. The Morgan fingerprint density at radius 1 is 1.11 bits per heavy atom. The van der Waals surface area contributed by atoms with Crippen molar-refractivity contribution in [1.82, 2.24) is 9.97 Å². The summed E-state index contributed by atoms with van der Waals surface area (Å²) in [5, 5.41) is 14.2. The highest BCUT2D eigenvalue weighted by molar-refractivity contribution is 5.84. The van der Waals surface area contributed by atoms with Crippen molar-refractivity contribution >= 4 is 12.2 Å². The second-order valence-corrected chi connectivity index (χ2v) is 6.02. The maximum absolute atomic E-state index is 10.1. The van der Waals surface area contributed by atoms with Gasteiger partial charge in [0, 0.05) is 22.9 Å². The average molecular weight is 362 g/mol. The van der Waals surface area contributed by atoms with Gasteiger partial charge < -0.3 is 9.84 Å². The molecular formula is C21H22N4O2. The molecule has 138 valence electrons. The van der Waals surface area contributed by atoms with E-state index >= 15 is 0 Å². The largest absolute Gasteiger partial charge is 0.507 e. The predicted molar refractivity (Wildman–Crippen MR) is 107 cm³/mol. The summed E-state index contributed by atoms with van der Waals surface area (Å²) in [5.74, 6) is 1.13. The van der Waals surface area contributed by atoms with E-state index in [4.69, 9.17) is 4.74 Å². The lowest BCUT2D eigenvalue weighted by molar-refractivity contribution is 0.315. The Bertz CT molecular complexity index is 927. The van der Waals surface area contributed by atoms with E-state index < -0.39 is 0 Å². The number of hydrogen-bond acceptors (Lipinski definition) is 6. The second-order valence-electron chi connectivity index (χ2n) is 6.02. The van der Waals surface area contributed by atoms with Crippen LogP contribution in [0.4, 0.5) is 5.95 Å². The summed E-state index contributed by atoms with van der Waals surface area (Å²) in [6.45, 7) is 4.55. The van der Waals surface area contributed by atoms with Crippen LogP contribution in [0.2, 0.25) is 0 Å². The van der Waals surface area contributed by atoms with E-state index in [9.17, 15) is 5.11 Å². The molecule has 0 fully saturated rings. The molecular weight excluding hydrogens is 340 g/mol. The number of hydrogen-bond donors (Lipinski definition) is 2. The van der Waals surface area contributed by atoms with E-state index in [0.717, 1.165) is 23.4 Å². The smallest absolute Gasteiger partial charge is 0.244 e. The van der Waals surface area contributed by atoms with Crippen LogP contribution in [0.25, 0.3) is 11.3 Å². The second kappa shape index (κ2) is 8.80. The first-order chi connectivity index (χ1) is 13.2. The number of phenols is 1. The van der Waals surface area contributed by atoms with Crippen LogP contribution >= 0.6 is 0 Å². The lowest BCUT2D eigenvalue weighted by atomic mass is 10.1. The van der Waals surface area contributed by atoms with Gasteiger partial charge in [-0.05, 0) is 31.5 Å². The molecule has 0 unspecified atom stereocenters. The average Bonchev–Trinajstić information content (AvgIpc) is 2.68. The number of nitrogens with one attached hydrogen (secondary N) is 1. The lowest BCUT2D eigenvalue weighted by Crippen LogP contribution is -2.00. The third-order valence-corrected chi connectivity index (χ3v) is 3.77. The van der Waals surface area contributed by atoms with Crippen LogP contribution in [0.5, 0.6) is 11.5 Å². The Morgan fingerprint density at radius 3 is 2.67 bits per heavy atom. The van der Waals surface area contributed by atoms with Crippen molar-refractivity contribution in [2.45, 2.75) is 20.3 Å². The number of aromatic hydroxyl groups is 1. The first-order valence-electron chi connectivity index (χ1n) is 8.81. The van der Waals surface area contributed by atoms with Gasteiger partial charge in [0.25, 0.3) is 0 Å². The molecule has 0 atom stereocenters. The third-order valence-electron chi connectivity index (χ3n) is 3.77. The van der Waals surface area contributed by atoms with Crippen molar-refractivity contribution in [3.05, 3.63) is 65.9 Å². The van der Waals surface area contributed by atoms with E-state index in [-0.39, 0.29) is 5.75 Å². The van der Waals surface area contributed by atoms with Gasteiger partial charge in [-0.3, -0.25) is 0 Å². The lowest BCUT2D eigenvalue weighted by Gasteiger charge is -2.07. The molecule has 2 N–H and O–H groups in total. The SMILES string of the molecule is CCCOc1ccc(/C=N\Nc2nc(C)cc(-c3ccccc3)n2)c(O)c1. The number of benzene rings is 2. The normalized spacial score (nSPS) is 10.9. The number of rotatable bonds is 7. The summed E-state index contributed by atoms with van der Waals surface area (Å²) in [6, 6.07) is 16.9. The molecule has 3 rings (SSSR count). The zero-order valence-corrected chi connectivity index (χ0v) is 15.4. The number of phenolic OH excluding ortho intramolecular Hbond substituents is 1. The Morgan fingerprint density at radius 2 is 1.93 bits per heavy atom. The van der Waals surface area contributed by atoms with Crippen LogP contribution in [0.15, 0.2) is 59.7 Å². The summed E-state index contributed by atoms with van der Waals surface area (Å²) in [5.41, 5.74) is 6.06. The van der Waals surface area contributed by atoms with Crippen LogP contribution in [0, 0.1) is 6.92 Å². The van der Waals surface area contributed by atoms with Crippen LogP contribution in [0.1, 0.15) is 24.6 Å². The molecule has 2 aromatic carbocycles. The van der Waals surface area contributed by atoms with E-state index in [1.807, 2.05) is 50.2 Å². The quantitative estimate of drug-likeness (QED) is 0.481. The Balaban J connectivity index is 1.72. The molecule has 0 spiro atoms. The fourth-order valence-electron chi connectivity index (χ4n) is 2.48. The highest BCUT2D eigenvalue weighted by Crippen LogP contribution is 2.23. The van der Waals surface area contributed by atoms with Gasteiger partial charge in [-0.1, -0.05) is 37.3 Å². The molecule has 6 nitrogen and oxygen atoms in total. The topological polar surface area (TPSA) is 79.6 Å². The van der Waals surface area contributed by atoms with Gasteiger partial charge in [-0.25, -0.2) is 15.4 Å². The zero-order chi connectivity index (χ0) is 19.1. The molecule has 0 radical (unpaired) electrons. The van der Waals surface area contributed by atoms with E-state index in [1.54, 1.807) is 18.2 Å². The van der Waals surface area contributed by atoms with Crippen LogP contribution in [-0.2, 0) is 0 Å². The molecule has 1 aromatic heterocycles. The zero-order valence-electron chi connectivity index (χ0n) is 15.4. The first kappa shape index (κ1) is 18.4. The maximum Gasteiger partial charge on any atom is 0.244 e. The molecule has 0 aliphatic carbocycles. The van der Waals surface area contributed by atoms with Crippen molar-refractivity contribution in [3.63, 3.8) is 0 Å². The number of hydrazone groups is 1. The Kier molecular flexibility index (Phi) is 5.99. The number of anilines is 1. The summed E-state index contributed by atoms with van der Waals surface area (Å²) < 4.78 is 5.49. The standard InChI is InChI=1S/C21H22N4O2/c1-3-11-27-18-10-9-17(20(26)13-18)14-22-25-21-23-15(2)12-19(24-21)16-7-5-4-6-8-16/h4-10,12-14,26H,3,11H2,1-2H3,(H,23,24,25)/b22-14-. The minimum atomic E-state index is 0.101. The summed E-state index contributed by atoms with van der Waals surface area (Å²) in [6.07, 6.45) is 2.43. The highest BCUT2D eigenvalue weighted by atomic mass is 16.5. The van der Waals surface area contributed by atoms with Crippen LogP contribution in [-0.4, -0.2) is 27.9 Å². The van der Waals surface area contributed by atoms with Gasteiger partial charge in [0.05, 0.1) is 18.5 Å². The molecule has 3 aromatic rings. The molecule has 0 bridgehead atoms. The molecule has 0 amide bonds. The number of aryl methyl sites for hydroxylation is 1. The molecule has 0 aliphatic rings. The molecule has 0 aliphatic heterocycles. The Labute approximate surface area is 158 Å². The molecule has 0 saturated carbocycles. The number of nitrogens with zero attached hydrogens (tertiary/aromatic N) is 3. The van der Waals surface area contributed by atoms with Crippen LogP contribution in [0.3, 0.4) is 0 Å². The van der Waals surface area contributed by atoms with Gasteiger partial charge in [-0.2, -0.15) is 5.10 Å². The third kappa shape index (κ3) is 5.04. The molecule has 0 saturated heterocycles. The summed E-state index contributed by atoms with van der Waals surface area (Å²) in [7, 11) is 0. The minimum Gasteiger partial charge on any atom is -0.507 e. The molecule has 1 heterocycles. The van der Waals surface area contributed by atoms with E-state index in [0.29, 0.717) is 23.9 Å². The van der Waals surface area contributed by atoms with Gasteiger partial charge in [-0.15, -0.1) is 0 Å². The molecule has 27 heavy (non-hydrogen) atoms. The summed E-state index contributed by atoms with van der Waals surface area (Å²) >= 11 is 0. The van der Waals surface area contributed by atoms with Crippen molar-refractivity contribution in [2.75, 3.05) is 12.0 Å². The predicted octanol–water partition coefficient (Wildman–Crippen LogP) is 4.39. The van der Waals surface area contributed by atoms with Crippen molar-refractivity contribution < 1.29 is 9.84 Å². The van der Waals surface area contributed by atoms with Gasteiger partial charge in [0.15, 0.2) is 0 Å². The van der Waals surface area contributed by atoms with E-state index in [2.05, 4.69) is 20.5 Å². The minimum absolute atomic E-state index is 0.101. The molecule has 6 heteroatoms. The van der Waals surface area contributed by atoms with Gasteiger partial charge in [0.2, 0.25) is 5.95 Å². The van der Waals surface area contributed by atoms with Crippen molar-refractivity contribution in [2.24, 2.45) is 5.10 Å². The highest BCUT2D eigenvalue weighted by Gasteiger charge is 2.04. The van der Waals surface area contributed by atoms with Crippen molar-refractivity contribution in [1.29, 1.82) is 0 Å². The Hall–Kier alpha value is -3.41. The van der Waals surface area contributed by atoms with Gasteiger partial charge in [0.1, 0.15) is 11.5 Å². The van der Waals surface area contributed by atoms with Gasteiger partial charge >= 0.3 is 0 Å². The van der Waals surface area contributed by atoms with Crippen molar-refractivity contribution in [3.8, 4) is 22.8 Å². The number of aromatic nitrogens is 2. The fourth-order valence-corrected chi connectivity index (χ4v) is 2.48. The summed E-state index contributed by atoms with van der Waals surface area (Å²) in [4.78, 5) is 8.83. The fraction of sp³-hybridized carbons (Fsp3) is 0.190. The van der Waals surface area contributed by atoms with Crippen LogP contribution < -0.4 is 10.2 Å².